The molecule has 0 bridgehead atoms. The first kappa shape index (κ1) is 66.5. The quantitative estimate of drug-likeness (QED) is 0.0221. The van der Waals surface area contributed by atoms with E-state index in [0.29, 0.717) is 11.5 Å². The Kier molecular flexibility index (Phi) is 23.7. The number of hydrogen-bond acceptors (Lipinski definition) is 24. The number of amides is 13. The van der Waals surface area contributed by atoms with Gasteiger partial charge in [0.15, 0.2) is 11.5 Å². The van der Waals surface area contributed by atoms with Crippen molar-refractivity contribution in [3.8, 4) is 11.5 Å². The van der Waals surface area contributed by atoms with Crippen LogP contribution >= 0.6 is 0 Å². The maximum atomic E-state index is 14.2. The first-order valence-corrected chi connectivity index (χ1v) is 26.4. The van der Waals surface area contributed by atoms with Crippen LogP contribution < -0.4 is 74.9 Å². The SMILES string of the molecule is CC(NC(=O)CNC(=O)C(C)NC(=O)C(CC(N)=O)N(O)C(=O)C(CO)NC(=O)CNC(=O)C1CCN=C(C(CO)NC(=O)C2CCNC3C(NC(=O)CC(O)C(N)=O)=Cc4cc(O)c(O)cc4N23)N1)C(=O)NCC(=O)NC1CCCN(O)C1=O. The van der Waals surface area contributed by atoms with Gasteiger partial charge in [0.1, 0.15) is 66.4 Å². The molecule has 1 aromatic carbocycles. The lowest BCUT2D eigenvalue weighted by atomic mass is 9.96. The van der Waals surface area contributed by atoms with Crippen LogP contribution in [-0.4, -0.2) is 242 Å². The average Bonchev–Trinajstić information content (AvgIpc) is 2.50. The van der Waals surface area contributed by atoms with Gasteiger partial charge in [0.2, 0.25) is 65.0 Å². The van der Waals surface area contributed by atoms with Gasteiger partial charge in [0.05, 0.1) is 57.1 Å². The Hall–Kier alpha value is -9.30. The molecule has 37 nitrogen and oxygen atoms in total. The predicted octanol–water partition coefficient (Wildman–Crippen LogP) is -10.7. The molecule has 0 spiro atoms. The van der Waals surface area contributed by atoms with Crippen molar-refractivity contribution in [2.45, 2.75) is 113 Å². The van der Waals surface area contributed by atoms with Crippen molar-refractivity contribution < 1.29 is 98.3 Å². The Balaban J connectivity index is 1.09. The van der Waals surface area contributed by atoms with Gasteiger partial charge in [-0.15, -0.1) is 0 Å². The number of nitrogens with zero attached hydrogens (tertiary/aromatic N) is 4. The van der Waals surface area contributed by atoms with E-state index in [9.17, 15) is 98.3 Å². The molecule has 22 N–H and O–H groups in total. The van der Waals surface area contributed by atoms with Gasteiger partial charge in [-0.05, 0) is 58.2 Å². The van der Waals surface area contributed by atoms with E-state index in [1.807, 2.05) is 0 Å². The zero-order valence-corrected chi connectivity index (χ0v) is 45.8. The molecule has 0 aromatic heterocycles. The highest BCUT2D eigenvalue weighted by molar-refractivity contribution is 6.00. The van der Waals surface area contributed by atoms with E-state index in [1.54, 1.807) is 0 Å². The molecule has 466 valence electrons. The van der Waals surface area contributed by atoms with E-state index in [-0.39, 0.29) is 66.7 Å². The molecule has 4 aliphatic heterocycles. The highest BCUT2D eigenvalue weighted by Gasteiger charge is 2.43. The van der Waals surface area contributed by atoms with Crippen molar-refractivity contribution in [1.82, 2.24) is 68.6 Å². The van der Waals surface area contributed by atoms with Crippen LogP contribution in [0.5, 0.6) is 11.5 Å². The summed E-state index contributed by atoms with van der Waals surface area (Å²) in [6, 6.07) is -9.12. The number of phenolic OH excluding ortho intramolecular Hbond substituents is 2. The number of benzene rings is 1. The second-order valence-corrected chi connectivity index (χ2v) is 19.8. The molecule has 2 fully saturated rings. The molecule has 13 amide bonds. The summed E-state index contributed by atoms with van der Waals surface area (Å²) in [6.07, 6.45) is -2.29. The number of aliphatic hydroxyl groups excluding tert-OH is 3. The van der Waals surface area contributed by atoms with Crippen molar-refractivity contribution in [2.75, 3.05) is 57.4 Å². The molecule has 1 aromatic rings. The van der Waals surface area contributed by atoms with Crippen LogP contribution in [0.25, 0.3) is 6.08 Å². The monoisotopic (exact) mass is 1200 g/mol. The molecule has 10 atom stereocenters. The molecule has 0 aliphatic carbocycles. The van der Waals surface area contributed by atoms with E-state index in [0.717, 1.165) is 6.92 Å². The Bertz CT molecular complexity index is 2840. The van der Waals surface area contributed by atoms with Gasteiger partial charge in [-0.3, -0.25) is 83.1 Å². The smallest absolute Gasteiger partial charge is 0.271 e. The largest absolute Gasteiger partial charge is 0.504 e. The van der Waals surface area contributed by atoms with Crippen molar-refractivity contribution in [3.63, 3.8) is 0 Å². The molecule has 85 heavy (non-hydrogen) atoms. The van der Waals surface area contributed by atoms with Gasteiger partial charge in [0, 0.05) is 24.7 Å². The number of carbonyl (C=O) groups excluding carboxylic acids is 13. The number of nitrogens with two attached hydrogens (primary N) is 2. The molecule has 37 heteroatoms. The number of carbonyl (C=O) groups is 13. The summed E-state index contributed by atoms with van der Waals surface area (Å²) in [5.41, 5.74) is 10.9. The Morgan fingerprint density at radius 3 is 2.06 bits per heavy atom. The van der Waals surface area contributed by atoms with Crippen LogP contribution in [0.2, 0.25) is 0 Å². The predicted molar refractivity (Wildman–Crippen MR) is 285 cm³/mol. The number of anilines is 1. The molecular weight excluding hydrogens is 1130 g/mol. The number of phenols is 2. The van der Waals surface area contributed by atoms with E-state index in [1.165, 1.54) is 30.0 Å². The van der Waals surface area contributed by atoms with Crippen LogP contribution in [-0.2, 0) is 62.3 Å². The number of aliphatic hydroxyl groups is 3. The molecule has 2 saturated heterocycles. The number of hydrogen-bond donors (Lipinski definition) is 20. The van der Waals surface area contributed by atoms with Gasteiger partial charge in [-0.1, -0.05) is 0 Å². The van der Waals surface area contributed by atoms with Gasteiger partial charge in [-0.25, -0.2) is 10.1 Å². The highest BCUT2D eigenvalue weighted by Crippen LogP contribution is 2.41. The summed E-state index contributed by atoms with van der Waals surface area (Å²) in [5, 5.41) is 98.4. The number of piperidine rings is 1. The number of aromatic hydroxyl groups is 2. The summed E-state index contributed by atoms with van der Waals surface area (Å²) >= 11 is 0. The first-order chi connectivity index (χ1) is 40.1. The van der Waals surface area contributed by atoms with Crippen molar-refractivity contribution in [1.29, 1.82) is 0 Å². The minimum Gasteiger partial charge on any atom is -0.504 e. The minimum atomic E-state index is -2.17. The molecule has 10 unspecified atom stereocenters. The zero-order valence-electron chi connectivity index (χ0n) is 45.8. The molecule has 0 saturated carbocycles. The van der Waals surface area contributed by atoms with Gasteiger partial charge < -0.3 is 95.1 Å². The third-order valence-corrected chi connectivity index (χ3v) is 13.4. The first-order valence-electron chi connectivity index (χ1n) is 26.4. The maximum absolute atomic E-state index is 14.2. The fourth-order valence-corrected chi connectivity index (χ4v) is 8.97. The summed E-state index contributed by atoms with van der Waals surface area (Å²) in [5.74, 6) is -14.2. The second kappa shape index (κ2) is 30.3. The number of primary amides is 2. The van der Waals surface area contributed by atoms with Gasteiger partial charge >= 0.3 is 0 Å². The van der Waals surface area contributed by atoms with E-state index in [4.69, 9.17) is 11.5 Å². The van der Waals surface area contributed by atoms with Crippen molar-refractivity contribution in [2.24, 2.45) is 16.5 Å². The van der Waals surface area contributed by atoms with Crippen molar-refractivity contribution in [3.05, 3.63) is 23.4 Å². The minimum absolute atomic E-state index is 0.0247. The summed E-state index contributed by atoms with van der Waals surface area (Å²) in [4.78, 5) is 171. The molecule has 4 heterocycles. The van der Waals surface area contributed by atoms with Crippen LogP contribution in [0.1, 0.15) is 57.9 Å². The summed E-state index contributed by atoms with van der Waals surface area (Å²) in [7, 11) is 0. The number of aliphatic imine (C=N–C) groups is 1. The Labute approximate surface area is 482 Å². The fraction of sp³-hybridized carbons (Fsp3) is 0.542. The number of rotatable bonds is 27. The number of hydroxylamine groups is 4. The highest BCUT2D eigenvalue weighted by atomic mass is 16.5. The summed E-state index contributed by atoms with van der Waals surface area (Å²) < 4.78 is 0. The molecule has 5 rings (SSSR count). The Morgan fingerprint density at radius 1 is 0.776 bits per heavy atom. The van der Waals surface area contributed by atoms with Crippen LogP contribution in [0.15, 0.2) is 22.8 Å². The maximum Gasteiger partial charge on any atom is 0.271 e. The Morgan fingerprint density at radius 2 is 1.41 bits per heavy atom. The van der Waals surface area contributed by atoms with Crippen LogP contribution in [0.4, 0.5) is 5.69 Å². The standard InChI is InChI=1S/C48H69N17O20/c1-20(42(77)54-16-37(74)58-24-4-3-9-63(84)47(24)82)56-36(73)15-53-43(78)21(2)57-46(81)30(13-34(49)71)65(85)48(83)27(19-67)60-38(75)17-55-44(79)23-5-7-51-40(61-23)26(18-66)62-45(80)28-6-8-52-41-25(59-35(72)14-33(70)39(50)76)10-22-11-31(68)32(69)12-29(22)64(28)41/h10-12,20-21,23-24,26-28,30,33,41,52,66-70,84-85H,3-9,13-19H2,1-2H3,(H2,49,71)(H2,50,76)(H,51,61)(H,53,78)(H,54,77)(H,55,79)(H,56,73)(H,57,81)(H,58,74)(H,59,72)(H,60,75)(H,62,80). The zero-order chi connectivity index (χ0) is 63.0. The lowest BCUT2D eigenvalue weighted by Gasteiger charge is -2.47. The third kappa shape index (κ3) is 18.1. The van der Waals surface area contributed by atoms with Crippen molar-refractivity contribution >= 4 is 94.4 Å². The summed E-state index contributed by atoms with van der Waals surface area (Å²) in [6.45, 7) is -1.58. The van der Waals surface area contributed by atoms with E-state index >= 15 is 0 Å². The molecule has 4 aliphatic rings. The van der Waals surface area contributed by atoms with Gasteiger partial charge in [0.25, 0.3) is 11.8 Å². The topological polar surface area (TPSA) is 570 Å². The average molecular weight is 1200 g/mol. The lowest BCUT2D eigenvalue weighted by molar-refractivity contribution is -0.184. The van der Waals surface area contributed by atoms with Gasteiger partial charge in [-0.2, -0.15) is 0 Å². The molecular formula is C48H69N17O20. The molecule has 0 radical (unpaired) electrons. The second-order valence-electron chi connectivity index (χ2n) is 19.8. The number of amidine groups is 1. The van der Waals surface area contributed by atoms with E-state index in [2.05, 4.69) is 63.5 Å². The lowest BCUT2D eigenvalue weighted by Crippen LogP contribution is -2.66. The number of nitrogens with one attached hydrogen (secondary N) is 11. The third-order valence-electron chi connectivity index (χ3n) is 13.4. The van der Waals surface area contributed by atoms with Crippen LogP contribution in [0.3, 0.4) is 0 Å². The fourth-order valence-electron chi connectivity index (χ4n) is 8.97. The number of fused-ring (bicyclic) bond motifs is 3. The van der Waals surface area contributed by atoms with Crippen LogP contribution in [0, 0.1) is 0 Å². The van der Waals surface area contributed by atoms with E-state index < -0.39 is 195 Å². The normalized spacial score (nSPS) is 20.1.